The number of fused-ring (bicyclic) bond motifs is 1. The Morgan fingerprint density at radius 3 is 2.15 bits per heavy atom. The van der Waals surface area contributed by atoms with Crippen LogP contribution in [-0.4, -0.2) is 33.4 Å². The van der Waals surface area contributed by atoms with Crippen LogP contribution >= 0.6 is 0 Å². The fourth-order valence-electron chi connectivity index (χ4n) is 4.23. The van der Waals surface area contributed by atoms with Gasteiger partial charge in [-0.2, -0.15) is 26.3 Å². The van der Waals surface area contributed by atoms with Gasteiger partial charge in [0, 0.05) is 19.1 Å². The van der Waals surface area contributed by atoms with Crippen LogP contribution in [0.5, 0.6) is 0 Å². The Labute approximate surface area is 183 Å². The van der Waals surface area contributed by atoms with Gasteiger partial charge in [-0.15, -0.1) is 0 Å². The molecular weight excluding hydrogens is 452 g/mol. The Balaban J connectivity index is 1.47. The molecule has 2 aromatic carbocycles. The van der Waals surface area contributed by atoms with Crippen LogP contribution in [0.2, 0.25) is 0 Å². The molecule has 1 fully saturated rings. The lowest BCUT2D eigenvalue weighted by atomic mass is 10.0. The monoisotopic (exact) mass is 471 g/mol. The predicted molar refractivity (Wildman–Crippen MR) is 108 cm³/mol. The summed E-state index contributed by atoms with van der Waals surface area (Å²) < 4.78 is 79.6. The molecule has 0 bridgehead atoms. The Morgan fingerprint density at radius 2 is 1.58 bits per heavy atom. The molecule has 0 aliphatic carbocycles. The number of alkyl halides is 6. The molecule has 1 N–H and O–H groups in total. The van der Waals surface area contributed by atoms with Gasteiger partial charge in [-0.05, 0) is 42.7 Å². The van der Waals surface area contributed by atoms with E-state index >= 15 is 0 Å². The number of nitrogens with zero attached hydrogens (tertiary/aromatic N) is 2. The summed E-state index contributed by atoms with van der Waals surface area (Å²) in [4.78, 5) is 29.0. The fourth-order valence-corrected chi connectivity index (χ4v) is 4.23. The molecule has 3 aromatic rings. The summed E-state index contributed by atoms with van der Waals surface area (Å²) in [6, 6.07) is 7.36. The first-order valence-electron chi connectivity index (χ1n) is 10.2. The van der Waals surface area contributed by atoms with Gasteiger partial charge in [0.05, 0.1) is 28.6 Å². The number of benzene rings is 2. The lowest BCUT2D eigenvalue weighted by Crippen LogP contribution is -2.41. The second kappa shape index (κ2) is 8.27. The van der Waals surface area contributed by atoms with Crippen LogP contribution in [0.4, 0.5) is 26.3 Å². The standard InChI is InChI=1S/C22H19F6N3O2/c23-21(24,25)14-6-4-13(5-7-14)12-18(32)30-10-8-15(9-11-30)31-19-16(22(26,27)28)2-1-3-17(19)29-20(31)33/h1-7,15H,8-12H2,(H,29,33). The Morgan fingerprint density at radius 1 is 0.939 bits per heavy atom. The molecule has 1 saturated heterocycles. The van der Waals surface area contributed by atoms with Gasteiger partial charge in [0.15, 0.2) is 0 Å². The first-order valence-corrected chi connectivity index (χ1v) is 10.2. The Hall–Kier alpha value is -3.24. The zero-order valence-electron chi connectivity index (χ0n) is 17.1. The summed E-state index contributed by atoms with van der Waals surface area (Å²) >= 11 is 0. The van der Waals surface area contributed by atoms with Gasteiger partial charge >= 0.3 is 18.0 Å². The number of nitrogens with one attached hydrogen (secondary N) is 1. The highest BCUT2D eigenvalue weighted by Crippen LogP contribution is 2.36. The number of likely N-dealkylation sites (tertiary alicyclic amines) is 1. The van der Waals surface area contributed by atoms with Gasteiger partial charge in [-0.3, -0.25) is 9.36 Å². The summed E-state index contributed by atoms with van der Waals surface area (Å²) in [6.07, 6.45) is -8.63. The fraction of sp³-hybridized carbons (Fsp3) is 0.364. The highest BCUT2D eigenvalue weighted by atomic mass is 19.4. The third kappa shape index (κ3) is 4.62. The maximum atomic E-state index is 13.5. The molecule has 1 aromatic heterocycles. The SMILES string of the molecule is O=C(Cc1ccc(C(F)(F)F)cc1)N1CCC(n2c(=O)[nH]c3cccc(C(F)(F)F)c32)CC1. The highest BCUT2D eigenvalue weighted by Gasteiger charge is 2.36. The molecule has 1 aliphatic heterocycles. The average molecular weight is 471 g/mol. The zero-order chi connectivity index (χ0) is 24.0. The van der Waals surface area contributed by atoms with E-state index in [1.165, 1.54) is 29.2 Å². The molecule has 1 amide bonds. The number of carbonyl (C=O) groups excluding carboxylic acids is 1. The number of hydrogen-bond acceptors (Lipinski definition) is 2. The van der Waals surface area contributed by atoms with Gasteiger partial charge in [-0.25, -0.2) is 4.79 Å². The van der Waals surface area contributed by atoms with Crippen LogP contribution in [0.15, 0.2) is 47.3 Å². The molecule has 0 unspecified atom stereocenters. The number of piperidine rings is 1. The lowest BCUT2D eigenvalue weighted by molar-refractivity contribution is -0.138. The van der Waals surface area contributed by atoms with E-state index in [1.54, 1.807) is 0 Å². The summed E-state index contributed by atoms with van der Waals surface area (Å²) in [5.74, 6) is -0.296. The summed E-state index contributed by atoms with van der Waals surface area (Å²) in [5.41, 5.74) is -2.03. The van der Waals surface area contributed by atoms with Crippen LogP contribution in [0.1, 0.15) is 35.6 Å². The smallest absolute Gasteiger partial charge is 0.342 e. The molecule has 0 radical (unpaired) electrons. The van der Waals surface area contributed by atoms with Gasteiger partial charge in [-0.1, -0.05) is 18.2 Å². The molecule has 2 heterocycles. The number of aromatic amines is 1. The minimum absolute atomic E-state index is 0.0892. The van der Waals surface area contributed by atoms with Crippen molar-refractivity contribution >= 4 is 16.9 Å². The van der Waals surface area contributed by atoms with Crippen molar-refractivity contribution in [2.24, 2.45) is 0 Å². The average Bonchev–Trinajstić information content (AvgIpc) is 3.08. The number of carbonyl (C=O) groups is 1. The van der Waals surface area contributed by atoms with Gasteiger partial charge < -0.3 is 9.88 Å². The molecule has 0 atom stereocenters. The Kier molecular flexibility index (Phi) is 5.75. The molecule has 11 heteroatoms. The molecule has 33 heavy (non-hydrogen) atoms. The first kappa shape index (κ1) is 22.9. The quantitative estimate of drug-likeness (QED) is 0.560. The summed E-state index contributed by atoms with van der Waals surface area (Å²) in [5, 5.41) is 0. The van der Waals surface area contributed by atoms with Crippen molar-refractivity contribution in [3.8, 4) is 0 Å². The molecule has 0 spiro atoms. The molecule has 1 aliphatic rings. The van der Waals surface area contributed by atoms with E-state index < -0.39 is 35.2 Å². The van der Waals surface area contributed by atoms with Crippen LogP contribution < -0.4 is 5.69 Å². The van der Waals surface area contributed by atoms with Crippen molar-refractivity contribution in [1.29, 1.82) is 0 Å². The molecular formula is C22H19F6N3O2. The topological polar surface area (TPSA) is 58.1 Å². The van der Waals surface area contributed by atoms with Gasteiger partial charge in [0.1, 0.15) is 0 Å². The van der Waals surface area contributed by atoms with Crippen LogP contribution in [0.3, 0.4) is 0 Å². The first-order chi connectivity index (χ1) is 15.4. The van der Waals surface area contributed by atoms with Crippen LogP contribution in [0.25, 0.3) is 11.0 Å². The summed E-state index contributed by atoms with van der Waals surface area (Å²) in [6.45, 7) is 0.439. The van der Waals surface area contributed by atoms with Crippen molar-refractivity contribution in [3.05, 3.63) is 69.6 Å². The van der Waals surface area contributed by atoms with Crippen molar-refractivity contribution < 1.29 is 31.1 Å². The molecule has 0 saturated carbocycles. The maximum absolute atomic E-state index is 13.5. The molecule has 4 rings (SSSR count). The number of halogens is 6. The minimum atomic E-state index is -4.63. The van der Waals surface area contributed by atoms with E-state index in [1.807, 2.05) is 0 Å². The number of hydrogen-bond donors (Lipinski definition) is 1. The van der Waals surface area contributed by atoms with Crippen LogP contribution in [0, 0.1) is 0 Å². The second-order valence-electron chi connectivity index (χ2n) is 7.98. The molecule has 176 valence electrons. The van der Waals surface area contributed by atoms with E-state index in [-0.39, 0.29) is 49.3 Å². The van der Waals surface area contributed by atoms with Crippen molar-refractivity contribution in [2.45, 2.75) is 37.7 Å². The largest absolute Gasteiger partial charge is 0.418 e. The molecule has 5 nitrogen and oxygen atoms in total. The third-order valence-electron chi connectivity index (χ3n) is 5.86. The van der Waals surface area contributed by atoms with E-state index in [0.29, 0.717) is 5.56 Å². The van der Waals surface area contributed by atoms with Crippen molar-refractivity contribution in [1.82, 2.24) is 14.5 Å². The zero-order valence-corrected chi connectivity index (χ0v) is 17.1. The van der Waals surface area contributed by atoms with E-state index in [2.05, 4.69) is 4.98 Å². The van der Waals surface area contributed by atoms with E-state index in [9.17, 15) is 35.9 Å². The van der Waals surface area contributed by atoms with Gasteiger partial charge in [0.2, 0.25) is 5.91 Å². The Bertz CT molecular complexity index is 1220. The predicted octanol–water partition coefficient (Wildman–Crippen LogP) is 4.77. The van der Waals surface area contributed by atoms with E-state index in [4.69, 9.17) is 0 Å². The van der Waals surface area contributed by atoms with Crippen LogP contribution in [-0.2, 0) is 23.6 Å². The number of amides is 1. The van der Waals surface area contributed by atoms with E-state index in [0.717, 1.165) is 22.8 Å². The minimum Gasteiger partial charge on any atom is -0.342 e. The second-order valence-corrected chi connectivity index (χ2v) is 7.98. The normalized spacial score (nSPS) is 15.9. The van der Waals surface area contributed by atoms with Crippen molar-refractivity contribution in [3.63, 3.8) is 0 Å². The maximum Gasteiger partial charge on any atom is 0.418 e. The number of imidazole rings is 1. The number of H-pyrrole nitrogens is 1. The van der Waals surface area contributed by atoms with Crippen molar-refractivity contribution in [2.75, 3.05) is 13.1 Å². The number of rotatable bonds is 3. The van der Waals surface area contributed by atoms with Gasteiger partial charge in [0.25, 0.3) is 0 Å². The number of aromatic nitrogens is 2. The number of para-hydroxylation sites is 1. The highest BCUT2D eigenvalue weighted by molar-refractivity contribution is 5.80. The lowest BCUT2D eigenvalue weighted by Gasteiger charge is -2.33. The third-order valence-corrected chi connectivity index (χ3v) is 5.86. The summed E-state index contributed by atoms with van der Waals surface area (Å²) in [7, 11) is 0.